The van der Waals surface area contributed by atoms with Gasteiger partial charge < -0.3 is 5.32 Å². The van der Waals surface area contributed by atoms with Gasteiger partial charge in [-0.25, -0.2) is 8.78 Å². The quantitative estimate of drug-likeness (QED) is 0.313. The molecule has 0 fully saturated rings. The van der Waals surface area contributed by atoms with Gasteiger partial charge in [0.25, 0.3) is 0 Å². The van der Waals surface area contributed by atoms with Gasteiger partial charge >= 0.3 is 0 Å². The van der Waals surface area contributed by atoms with Gasteiger partial charge in [0.2, 0.25) is 0 Å². The van der Waals surface area contributed by atoms with Crippen LogP contribution in [0.25, 0.3) is 0 Å². The summed E-state index contributed by atoms with van der Waals surface area (Å²) in [5.41, 5.74) is 4.14. The van der Waals surface area contributed by atoms with Crippen molar-refractivity contribution in [1.29, 1.82) is 0 Å². The minimum absolute atomic E-state index is 0.347. The van der Waals surface area contributed by atoms with Gasteiger partial charge in [-0.05, 0) is 75.0 Å². The molecule has 0 atom stereocenters. The molecule has 0 bridgehead atoms. The largest absolute Gasteiger partial charge is 0.388 e. The molecule has 0 heterocycles. The lowest BCUT2D eigenvalue weighted by Gasteiger charge is -2.05. The van der Waals surface area contributed by atoms with E-state index in [0.29, 0.717) is 12.0 Å². The van der Waals surface area contributed by atoms with Gasteiger partial charge in [0.15, 0.2) is 0 Å². The molecule has 0 aromatic heterocycles. The summed E-state index contributed by atoms with van der Waals surface area (Å²) >= 11 is 0. The van der Waals surface area contributed by atoms with E-state index in [1.807, 2.05) is 40.0 Å². The van der Waals surface area contributed by atoms with Crippen molar-refractivity contribution in [2.45, 2.75) is 53.9 Å². The van der Waals surface area contributed by atoms with Crippen molar-refractivity contribution in [3.8, 4) is 0 Å². The van der Waals surface area contributed by atoms with E-state index in [2.05, 4.69) is 54.9 Å². The van der Waals surface area contributed by atoms with Crippen LogP contribution in [0.3, 0.4) is 0 Å². The molecular weight excluding hydrogens is 376 g/mol. The fourth-order valence-electron chi connectivity index (χ4n) is 2.34. The van der Waals surface area contributed by atoms with Crippen LogP contribution >= 0.6 is 0 Å². The van der Waals surface area contributed by atoms with E-state index < -0.39 is 0 Å². The molecule has 0 aliphatic heterocycles. The topological polar surface area (TPSA) is 12.0 Å². The molecule has 0 saturated carbocycles. The molecule has 1 rings (SSSR count). The van der Waals surface area contributed by atoms with Gasteiger partial charge in [-0.3, -0.25) is 0 Å². The highest BCUT2D eigenvalue weighted by Gasteiger charge is 1.97. The number of halogens is 2. The van der Waals surface area contributed by atoms with Crippen molar-refractivity contribution < 1.29 is 8.78 Å². The minimum Gasteiger partial charge on any atom is -0.388 e. The number of anilines is 1. The van der Waals surface area contributed by atoms with Gasteiger partial charge in [0, 0.05) is 12.7 Å². The maximum absolute atomic E-state index is 12.5. The zero-order valence-corrected chi connectivity index (χ0v) is 19.6. The fourth-order valence-corrected chi connectivity index (χ4v) is 2.34. The molecular formula is C27H39F2N. The Morgan fingerprint density at radius 2 is 1.80 bits per heavy atom. The van der Waals surface area contributed by atoms with E-state index in [0.717, 1.165) is 12.8 Å². The summed E-state index contributed by atoms with van der Waals surface area (Å²) in [4.78, 5) is 0. The third kappa shape index (κ3) is 15.3. The molecule has 0 spiro atoms. The van der Waals surface area contributed by atoms with Gasteiger partial charge in [-0.1, -0.05) is 62.9 Å². The van der Waals surface area contributed by atoms with Crippen LogP contribution in [0.4, 0.5) is 14.5 Å². The van der Waals surface area contributed by atoms with Crippen LogP contribution in [-0.4, -0.2) is 7.05 Å². The highest BCUT2D eigenvalue weighted by atomic mass is 19.1. The summed E-state index contributed by atoms with van der Waals surface area (Å²) in [5, 5.41) is 3.16. The molecule has 30 heavy (non-hydrogen) atoms. The van der Waals surface area contributed by atoms with Crippen LogP contribution in [0.1, 0.15) is 53.0 Å². The van der Waals surface area contributed by atoms with Crippen LogP contribution in [0.2, 0.25) is 0 Å². The predicted octanol–water partition coefficient (Wildman–Crippen LogP) is 9.05. The summed E-state index contributed by atoms with van der Waals surface area (Å²) in [5.74, 6) is -0.749. The molecule has 0 unspecified atom stereocenters. The molecule has 1 nitrogen and oxygen atoms in total. The zero-order chi connectivity index (χ0) is 23.4. The Balaban J connectivity index is 0. The number of hydrogen-bond acceptors (Lipinski definition) is 1. The van der Waals surface area contributed by atoms with Crippen LogP contribution in [0.15, 0.2) is 96.7 Å². The van der Waals surface area contributed by atoms with Gasteiger partial charge in [-0.2, -0.15) is 0 Å². The highest BCUT2D eigenvalue weighted by Crippen LogP contribution is 2.15. The number of rotatable bonds is 9. The first-order chi connectivity index (χ1) is 14.4. The fraction of sp³-hybridized carbons (Fsp3) is 0.333. The summed E-state index contributed by atoms with van der Waals surface area (Å²) in [6.45, 7) is 15.9. The first-order valence-electron chi connectivity index (χ1n) is 10.4. The summed E-state index contributed by atoms with van der Waals surface area (Å²) < 4.78 is 24.8. The molecule has 0 radical (unpaired) electrons. The molecule has 1 aromatic carbocycles. The zero-order valence-electron chi connectivity index (χ0n) is 19.6. The number of hydrogen-bond donors (Lipinski definition) is 1. The Labute approximate surface area is 183 Å². The molecule has 1 N–H and O–H groups in total. The number of aryl methyl sites for hydroxylation is 1. The molecule has 1 aromatic rings. The van der Waals surface area contributed by atoms with Crippen LogP contribution in [-0.2, 0) is 6.42 Å². The second-order valence-electron chi connectivity index (χ2n) is 6.20. The average molecular weight is 416 g/mol. The Bertz CT molecular complexity index is 729. The third-order valence-corrected chi connectivity index (χ3v) is 3.86. The second-order valence-corrected chi connectivity index (χ2v) is 6.20. The van der Waals surface area contributed by atoms with E-state index in [1.54, 1.807) is 0 Å². The number of benzene rings is 1. The smallest absolute Gasteiger partial charge is 0.100 e. The third-order valence-electron chi connectivity index (χ3n) is 3.86. The number of allylic oxidation sites excluding steroid dienone is 10. The van der Waals surface area contributed by atoms with Gasteiger partial charge in [0.05, 0.1) is 5.83 Å². The van der Waals surface area contributed by atoms with Gasteiger partial charge in [0.1, 0.15) is 5.83 Å². The Morgan fingerprint density at radius 3 is 2.27 bits per heavy atom. The average Bonchev–Trinajstić information content (AvgIpc) is 2.75. The van der Waals surface area contributed by atoms with Crippen LogP contribution < -0.4 is 5.32 Å². The maximum Gasteiger partial charge on any atom is 0.100 e. The van der Waals surface area contributed by atoms with E-state index in [4.69, 9.17) is 0 Å². The Hall–Kier alpha value is -2.68. The molecule has 0 saturated heterocycles. The number of nitrogens with one attached hydrogen (secondary N) is 1. The Morgan fingerprint density at radius 1 is 1.13 bits per heavy atom. The van der Waals surface area contributed by atoms with Crippen LogP contribution in [0.5, 0.6) is 0 Å². The minimum atomic E-state index is -0.390. The van der Waals surface area contributed by atoms with E-state index in [1.165, 1.54) is 42.8 Å². The van der Waals surface area contributed by atoms with Crippen molar-refractivity contribution >= 4 is 5.69 Å². The molecule has 0 aliphatic rings. The lowest BCUT2D eigenvalue weighted by Crippen LogP contribution is -1.91. The van der Waals surface area contributed by atoms with Crippen molar-refractivity contribution in [3.63, 3.8) is 0 Å². The second kappa shape index (κ2) is 19.6. The van der Waals surface area contributed by atoms with E-state index in [-0.39, 0.29) is 11.7 Å². The first kappa shape index (κ1) is 29.5. The van der Waals surface area contributed by atoms with Crippen LogP contribution in [0, 0.1) is 0 Å². The van der Waals surface area contributed by atoms with E-state index >= 15 is 0 Å². The predicted molar refractivity (Wildman–Crippen MR) is 132 cm³/mol. The van der Waals surface area contributed by atoms with Gasteiger partial charge in [-0.15, -0.1) is 6.58 Å². The van der Waals surface area contributed by atoms with Crippen molar-refractivity contribution in [3.05, 3.63) is 102 Å². The van der Waals surface area contributed by atoms with E-state index in [9.17, 15) is 8.78 Å². The monoisotopic (exact) mass is 415 g/mol. The SMILES string of the molecule is C=C/C(=C\C=C/C)CCc1cccc(NC)c1.C=CCC(/C=C(\C)F)=C(/C)F.CC. The molecule has 0 aliphatic carbocycles. The Kier molecular flexibility index (Phi) is 19.3. The maximum atomic E-state index is 12.5. The summed E-state index contributed by atoms with van der Waals surface area (Å²) in [6, 6.07) is 8.52. The first-order valence-corrected chi connectivity index (χ1v) is 10.4. The molecule has 0 amide bonds. The highest BCUT2D eigenvalue weighted by molar-refractivity contribution is 5.45. The standard InChI is InChI=1S/C16H21N.C9H12F2.C2H6/c1-4-6-8-14(5-2)11-12-15-9-7-10-16(13-15)17-3;1-4-5-9(8(3)11)6-7(2)10;1-2/h4-10,13,17H,2,11-12H2,1,3H3;4,6H,1,5H2,2-3H3;1-2H3/b6-4-,14-8+;7-6+,9-8+;. The summed E-state index contributed by atoms with van der Waals surface area (Å²) in [7, 11) is 1.94. The normalized spacial score (nSPS) is 12.1. The van der Waals surface area contributed by atoms with Crippen molar-refractivity contribution in [2.75, 3.05) is 12.4 Å². The van der Waals surface area contributed by atoms with Crippen molar-refractivity contribution in [2.24, 2.45) is 0 Å². The summed E-state index contributed by atoms with van der Waals surface area (Å²) in [6.07, 6.45) is 13.3. The lowest BCUT2D eigenvalue weighted by atomic mass is 10.0. The lowest BCUT2D eigenvalue weighted by molar-refractivity contribution is 0.617. The molecule has 3 heteroatoms. The molecule has 166 valence electrons. The van der Waals surface area contributed by atoms with Crippen molar-refractivity contribution in [1.82, 2.24) is 0 Å².